The zero-order valence-electron chi connectivity index (χ0n) is 15.8. The normalized spacial score (nSPS) is 18.0. The summed E-state index contributed by atoms with van der Waals surface area (Å²) in [6.45, 7) is 0. The molecule has 1 N–H and O–H groups in total. The first kappa shape index (κ1) is 18.2. The van der Waals surface area contributed by atoms with Gasteiger partial charge in [0.25, 0.3) is 5.88 Å². The van der Waals surface area contributed by atoms with E-state index in [1.165, 1.54) is 42.4 Å². The predicted molar refractivity (Wildman–Crippen MR) is 105 cm³/mol. The highest BCUT2D eigenvalue weighted by atomic mass is 19.1. The molecule has 150 valence electrons. The lowest BCUT2D eigenvalue weighted by Gasteiger charge is -2.35. The molecule has 0 bridgehead atoms. The smallest absolute Gasteiger partial charge is 0.252 e. The lowest BCUT2D eigenvalue weighted by Crippen LogP contribution is -2.32. The van der Waals surface area contributed by atoms with Gasteiger partial charge in [-0.3, -0.25) is 4.98 Å². The first-order valence-corrected chi connectivity index (χ1v) is 9.51. The van der Waals surface area contributed by atoms with E-state index in [4.69, 9.17) is 9.26 Å². The van der Waals surface area contributed by atoms with Gasteiger partial charge < -0.3 is 14.4 Å². The molecule has 0 saturated heterocycles. The Hall–Kier alpha value is -3.81. The number of aromatic nitrogens is 4. The maximum atomic E-state index is 13.4. The third-order valence-corrected chi connectivity index (χ3v) is 5.16. The van der Waals surface area contributed by atoms with Crippen LogP contribution >= 0.6 is 0 Å². The van der Waals surface area contributed by atoms with Crippen LogP contribution in [0.25, 0.3) is 22.7 Å². The van der Waals surface area contributed by atoms with Crippen LogP contribution < -0.4 is 4.74 Å². The van der Waals surface area contributed by atoms with Crippen molar-refractivity contribution in [1.29, 1.82) is 0 Å². The monoisotopic (exact) mass is 404 g/mol. The highest BCUT2D eigenvalue weighted by molar-refractivity contribution is 5.59. The molecule has 0 atom stereocenters. The van der Waals surface area contributed by atoms with Gasteiger partial charge in [0.1, 0.15) is 17.6 Å². The molecule has 3 heterocycles. The van der Waals surface area contributed by atoms with E-state index >= 15 is 0 Å². The Morgan fingerprint density at radius 1 is 0.967 bits per heavy atom. The van der Waals surface area contributed by atoms with Crippen molar-refractivity contribution in [1.82, 2.24) is 20.1 Å². The standard InChI is InChI=1S/C22H17FN4O3/c23-16-5-6-24-18(9-16)14-3-1-13(2-4-14)15-7-17(8-15)29-22-12-25-19(11-26-22)20-10-21(28)27-30-20/h1-6,9-12,15,17H,7-8H2,(H,27,28)/t15-,17+. The number of aromatic hydroxyl groups is 1. The van der Waals surface area contributed by atoms with E-state index in [0.717, 1.165) is 18.4 Å². The lowest BCUT2D eigenvalue weighted by molar-refractivity contribution is 0.0931. The topological polar surface area (TPSA) is 94.2 Å². The van der Waals surface area contributed by atoms with Crippen molar-refractivity contribution in [3.8, 4) is 34.5 Å². The third-order valence-electron chi connectivity index (χ3n) is 5.16. The van der Waals surface area contributed by atoms with Crippen LogP contribution in [0.1, 0.15) is 24.3 Å². The number of hydrogen-bond acceptors (Lipinski definition) is 7. The molecule has 1 aliphatic rings. The van der Waals surface area contributed by atoms with Gasteiger partial charge in [0, 0.05) is 17.8 Å². The van der Waals surface area contributed by atoms with Crippen LogP contribution in [0.4, 0.5) is 4.39 Å². The molecule has 5 rings (SSSR count). The van der Waals surface area contributed by atoms with Crippen LogP contribution in [0.2, 0.25) is 0 Å². The van der Waals surface area contributed by atoms with Crippen molar-refractivity contribution in [3.05, 3.63) is 72.4 Å². The largest absolute Gasteiger partial charge is 0.491 e. The van der Waals surface area contributed by atoms with Crippen molar-refractivity contribution < 1.29 is 18.8 Å². The average Bonchev–Trinajstić information content (AvgIpc) is 3.17. The number of nitrogens with zero attached hydrogens (tertiary/aromatic N) is 4. The molecule has 1 aliphatic carbocycles. The maximum Gasteiger partial charge on any atom is 0.252 e. The van der Waals surface area contributed by atoms with Crippen LogP contribution in [-0.4, -0.2) is 31.3 Å². The Balaban J connectivity index is 1.17. The summed E-state index contributed by atoms with van der Waals surface area (Å²) in [4.78, 5) is 12.7. The molecule has 1 aromatic carbocycles. The second kappa shape index (κ2) is 7.55. The quantitative estimate of drug-likeness (QED) is 0.528. The second-order valence-corrected chi connectivity index (χ2v) is 7.18. The number of rotatable bonds is 5. The summed E-state index contributed by atoms with van der Waals surface area (Å²) in [7, 11) is 0. The summed E-state index contributed by atoms with van der Waals surface area (Å²) in [5.74, 6) is 0.700. The highest BCUT2D eigenvalue weighted by Gasteiger charge is 2.32. The van der Waals surface area contributed by atoms with Crippen LogP contribution in [-0.2, 0) is 0 Å². The maximum absolute atomic E-state index is 13.4. The zero-order valence-corrected chi connectivity index (χ0v) is 15.8. The molecule has 0 spiro atoms. The molecule has 30 heavy (non-hydrogen) atoms. The Labute approximate surface area is 171 Å². The van der Waals surface area contributed by atoms with E-state index in [9.17, 15) is 9.50 Å². The van der Waals surface area contributed by atoms with Gasteiger partial charge >= 0.3 is 0 Å². The fourth-order valence-corrected chi connectivity index (χ4v) is 3.48. The van der Waals surface area contributed by atoms with Gasteiger partial charge in [-0.1, -0.05) is 24.3 Å². The second-order valence-electron chi connectivity index (χ2n) is 7.18. The van der Waals surface area contributed by atoms with Gasteiger partial charge in [0.15, 0.2) is 5.76 Å². The minimum Gasteiger partial charge on any atom is -0.491 e. The summed E-state index contributed by atoms with van der Waals surface area (Å²) in [5.41, 5.74) is 3.20. The molecule has 3 aromatic heterocycles. The first-order chi connectivity index (χ1) is 14.6. The Bertz CT molecular complexity index is 1160. The van der Waals surface area contributed by atoms with Gasteiger partial charge in [-0.15, -0.1) is 0 Å². The summed E-state index contributed by atoms with van der Waals surface area (Å²) in [5, 5.41) is 12.6. The molecule has 4 aromatic rings. The summed E-state index contributed by atoms with van der Waals surface area (Å²) in [6.07, 6.45) is 6.37. The minimum absolute atomic E-state index is 0.0778. The van der Waals surface area contributed by atoms with E-state index in [1.807, 2.05) is 12.1 Å². The van der Waals surface area contributed by atoms with Crippen LogP contribution in [0, 0.1) is 5.82 Å². The molecule has 0 amide bonds. The van der Waals surface area contributed by atoms with Crippen molar-refractivity contribution in [2.45, 2.75) is 24.9 Å². The van der Waals surface area contributed by atoms with Gasteiger partial charge in [-0.2, -0.15) is 0 Å². The Morgan fingerprint density at radius 3 is 2.47 bits per heavy atom. The zero-order chi connectivity index (χ0) is 20.5. The number of pyridine rings is 1. The number of benzene rings is 1. The Kier molecular flexibility index (Phi) is 4.59. The SMILES string of the molecule is Oc1cc(-c2cnc(O[C@H]3C[C@@H](c4ccc(-c5cc(F)ccn5)cc4)C3)cn2)on1. The molecule has 8 heteroatoms. The van der Waals surface area contributed by atoms with E-state index in [-0.39, 0.29) is 17.8 Å². The number of hydrogen-bond donors (Lipinski definition) is 1. The molecule has 7 nitrogen and oxygen atoms in total. The van der Waals surface area contributed by atoms with Crippen LogP contribution in [0.5, 0.6) is 11.8 Å². The van der Waals surface area contributed by atoms with Gasteiger partial charge in [0.2, 0.25) is 5.88 Å². The minimum atomic E-state index is -0.293. The first-order valence-electron chi connectivity index (χ1n) is 9.51. The molecule has 0 aliphatic heterocycles. The molecule has 0 unspecified atom stereocenters. The van der Waals surface area contributed by atoms with Crippen molar-refractivity contribution in [2.24, 2.45) is 0 Å². The van der Waals surface area contributed by atoms with Gasteiger partial charge in [-0.05, 0) is 35.5 Å². The van der Waals surface area contributed by atoms with Crippen LogP contribution in [0.15, 0.2) is 65.6 Å². The molecule has 1 fully saturated rings. The number of ether oxygens (including phenoxy) is 1. The van der Waals surface area contributed by atoms with Crippen LogP contribution in [0.3, 0.4) is 0 Å². The lowest BCUT2D eigenvalue weighted by atomic mass is 9.77. The molecule has 1 saturated carbocycles. The van der Waals surface area contributed by atoms with E-state index < -0.39 is 0 Å². The molecular formula is C22H17FN4O3. The van der Waals surface area contributed by atoms with E-state index in [2.05, 4.69) is 32.2 Å². The molecular weight excluding hydrogens is 387 g/mol. The summed E-state index contributed by atoms with van der Waals surface area (Å²) >= 11 is 0. The number of halogens is 1. The fourth-order valence-electron chi connectivity index (χ4n) is 3.48. The fraction of sp³-hybridized carbons (Fsp3) is 0.182. The predicted octanol–water partition coefficient (Wildman–Crippen LogP) is 4.36. The van der Waals surface area contributed by atoms with Gasteiger partial charge in [0.05, 0.1) is 24.2 Å². The summed E-state index contributed by atoms with van der Waals surface area (Å²) < 4.78 is 24.2. The van der Waals surface area contributed by atoms with E-state index in [1.54, 1.807) is 0 Å². The summed E-state index contributed by atoms with van der Waals surface area (Å²) in [6, 6.07) is 12.2. The Morgan fingerprint density at radius 2 is 1.80 bits per heavy atom. The van der Waals surface area contributed by atoms with Crippen molar-refractivity contribution in [2.75, 3.05) is 0 Å². The van der Waals surface area contributed by atoms with Crippen molar-refractivity contribution >= 4 is 0 Å². The van der Waals surface area contributed by atoms with Crippen molar-refractivity contribution in [3.63, 3.8) is 0 Å². The third kappa shape index (κ3) is 3.71. The highest BCUT2D eigenvalue weighted by Crippen LogP contribution is 2.39. The van der Waals surface area contributed by atoms with E-state index in [0.29, 0.717) is 28.9 Å². The average molecular weight is 404 g/mol. The molecule has 0 radical (unpaired) electrons. The van der Waals surface area contributed by atoms with Gasteiger partial charge in [-0.25, -0.2) is 14.4 Å².